The number of nitro benzene ring substituents is 1. The fourth-order valence-electron chi connectivity index (χ4n) is 2.02. The van der Waals surface area contributed by atoms with Gasteiger partial charge in [0.2, 0.25) is 0 Å². The highest BCUT2D eigenvalue weighted by atomic mass is 16.6. The van der Waals surface area contributed by atoms with Gasteiger partial charge >= 0.3 is 0 Å². The van der Waals surface area contributed by atoms with Crippen molar-refractivity contribution >= 4 is 17.3 Å². The number of carbonyl (C=O) groups is 1. The van der Waals surface area contributed by atoms with E-state index in [2.05, 4.69) is 0 Å². The first-order valence-electron chi connectivity index (χ1n) is 6.09. The summed E-state index contributed by atoms with van der Waals surface area (Å²) in [6, 6.07) is 13.8. The number of nitrogens with zero attached hydrogens (tertiary/aromatic N) is 2. The van der Waals surface area contributed by atoms with Crippen LogP contribution in [0.5, 0.6) is 0 Å². The zero-order valence-corrected chi connectivity index (χ0v) is 11.2. The van der Waals surface area contributed by atoms with E-state index in [4.69, 9.17) is 0 Å². The lowest BCUT2D eigenvalue weighted by Gasteiger charge is -2.17. The molecule has 0 radical (unpaired) electrons. The van der Waals surface area contributed by atoms with Crippen molar-refractivity contribution in [3.8, 4) is 0 Å². The predicted molar refractivity (Wildman–Crippen MR) is 77.0 cm³/mol. The van der Waals surface area contributed by atoms with Gasteiger partial charge < -0.3 is 4.90 Å². The summed E-state index contributed by atoms with van der Waals surface area (Å²) >= 11 is 0. The number of rotatable bonds is 3. The Kier molecular flexibility index (Phi) is 3.79. The van der Waals surface area contributed by atoms with Crippen LogP contribution in [0.25, 0.3) is 0 Å². The maximum Gasteiger partial charge on any atom is 0.285 e. The zero-order valence-electron chi connectivity index (χ0n) is 11.2. The molecular weight excluding hydrogens is 256 g/mol. The van der Waals surface area contributed by atoms with E-state index in [1.54, 1.807) is 38.2 Å². The van der Waals surface area contributed by atoms with E-state index in [1.165, 1.54) is 11.0 Å². The zero-order chi connectivity index (χ0) is 14.7. The topological polar surface area (TPSA) is 63.5 Å². The van der Waals surface area contributed by atoms with E-state index < -0.39 is 10.8 Å². The standard InChI is InChI=1S/C15H14N2O3/c1-11-7-6-10-13(14(11)17(19)20)15(18)16(2)12-8-4-3-5-9-12/h3-10H,1-2H3. The number of amides is 1. The average molecular weight is 270 g/mol. The van der Waals surface area contributed by atoms with E-state index in [0.29, 0.717) is 11.3 Å². The second-order valence-corrected chi connectivity index (χ2v) is 4.43. The van der Waals surface area contributed by atoms with Crippen LogP contribution in [-0.2, 0) is 0 Å². The summed E-state index contributed by atoms with van der Waals surface area (Å²) in [5.41, 5.74) is 1.12. The Morgan fingerprint density at radius 3 is 2.35 bits per heavy atom. The molecule has 2 rings (SSSR count). The van der Waals surface area contributed by atoms with Gasteiger partial charge in [-0.1, -0.05) is 30.3 Å². The van der Waals surface area contributed by atoms with Crippen LogP contribution in [0.2, 0.25) is 0 Å². The third-order valence-electron chi connectivity index (χ3n) is 3.10. The fraction of sp³-hybridized carbons (Fsp3) is 0.133. The molecule has 0 atom stereocenters. The maximum absolute atomic E-state index is 12.4. The Hall–Kier alpha value is -2.69. The van der Waals surface area contributed by atoms with Crippen LogP contribution in [0.3, 0.4) is 0 Å². The largest absolute Gasteiger partial charge is 0.311 e. The van der Waals surface area contributed by atoms with Gasteiger partial charge in [-0.15, -0.1) is 0 Å². The predicted octanol–water partition coefficient (Wildman–Crippen LogP) is 3.18. The molecule has 0 aliphatic heterocycles. The van der Waals surface area contributed by atoms with E-state index in [0.717, 1.165) is 0 Å². The Morgan fingerprint density at radius 2 is 1.75 bits per heavy atom. The molecule has 0 bridgehead atoms. The molecule has 5 nitrogen and oxygen atoms in total. The molecule has 0 aliphatic rings. The Bertz CT molecular complexity index is 653. The smallest absolute Gasteiger partial charge is 0.285 e. The van der Waals surface area contributed by atoms with Crippen LogP contribution in [0.4, 0.5) is 11.4 Å². The quantitative estimate of drug-likeness (QED) is 0.635. The molecule has 2 aromatic carbocycles. The van der Waals surface area contributed by atoms with E-state index in [1.807, 2.05) is 18.2 Å². The van der Waals surface area contributed by atoms with Crippen LogP contribution in [-0.4, -0.2) is 17.9 Å². The Balaban J connectivity index is 2.44. The van der Waals surface area contributed by atoms with E-state index in [-0.39, 0.29) is 11.3 Å². The minimum atomic E-state index is -0.513. The summed E-state index contributed by atoms with van der Waals surface area (Å²) in [5.74, 6) is -0.397. The number of nitro groups is 1. The molecule has 5 heteroatoms. The summed E-state index contributed by atoms with van der Waals surface area (Å²) < 4.78 is 0. The van der Waals surface area contributed by atoms with E-state index >= 15 is 0 Å². The minimum absolute atomic E-state index is 0.0985. The summed E-state index contributed by atoms with van der Waals surface area (Å²) in [6.07, 6.45) is 0. The molecule has 0 N–H and O–H groups in total. The molecular formula is C15H14N2O3. The third-order valence-corrected chi connectivity index (χ3v) is 3.10. The number of carbonyl (C=O) groups excluding carboxylic acids is 1. The van der Waals surface area contributed by atoms with Crippen molar-refractivity contribution in [2.45, 2.75) is 6.92 Å². The van der Waals surface area contributed by atoms with Gasteiger partial charge in [0.05, 0.1) is 4.92 Å². The first-order valence-corrected chi connectivity index (χ1v) is 6.09. The molecule has 0 saturated heterocycles. The number of benzene rings is 2. The van der Waals surface area contributed by atoms with Gasteiger partial charge in [-0.05, 0) is 25.1 Å². The normalized spacial score (nSPS) is 10.1. The lowest BCUT2D eigenvalue weighted by molar-refractivity contribution is -0.385. The molecule has 2 aromatic rings. The van der Waals surface area contributed by atoms with Gasteiger partial charge in [0, 0.05) is 18.3 Å². The average Bonchev–Trinajstić information content (AvgIpc) is 2.46. The second-order valence-electron chi connectivity index (χ2n) is 4.43. The highest BCUT2D eigenvalue weighted by Crippen LogP contribution is 2.25. The van der Waals surface area contributed by atoms with Crippen LogP contribution in [0, 0.1) is 17.0 Å². The summed E-state index contributed by atoms with van der Waals surface area (Å²) in [6.45, 7) is 1.62. The molecule has 20 heavy (non-hydrogen) atoms. The van der Waals surface area contributed by atoms with Crippen LogP contribution >= 0.6 is 0 Å². The number of anilines is 1. The monoisotopic (exact) mass is 270 g/mol. The molecule has 1 amide bonds. The number of hydrogen-bond donors (Lipinski definition) is 0. The Labute approximate surface area is 116 Å². The van der Waals surface area contributed by atoms with Crippen molar-refractivity contribution in [1.29, 1.82) is 0 Å². The molecule has 0 unspecified atom stereocenters. The van der Waals surface area contributed by atoms with Crippen molar-refractivity contribution in [3.05, 3.63) is 69.8 Å². The summed E-state index contributed by atoms with van der Waals surface area (Å²) in [4.78, 5) is 24.5. The van der Waals surface area contributed by atoms with Crippen molar-refractivity contribution in [2.75, 3.05) is 11.9 Å². The lowest BCUT2D eigenvalue weighted by Crippen LogP contribution is -2.27. The highest BCUT2D eigenvalue weighted by molar-refractivity contribution is 6.08. The van der Waals surface area contributed by atoms with Crippen molar-refractivity contribution in [1.82, 2.24) is 0 Å². The Morgan fingerprint density at radius 1 is 1.10 bits per heavy atom. The summed E-state index contributed by atoms with van der Waals surface area (Å²) in [5, 5.41) is 11.1. The van der Waals surface area contributed by atoms with Gasteiger partial charge in [0.1, 0.15) is 5.56 Å². The van der Waals surface area contributed by atoms with Gasteiger partial charge in [-0.2, -0.15) is 0 Å². The number of para-hydroxylation sites is 2. The van der Waals surface area contributed by atoms with Crippen molar-refractivity contribution in [2.24, 2.45) is 0 Å². The first-order chi connectivity index (χ1) is 9.52. The fourth-order valence-corrected chi connectivity index (χ4v) is 2.02. The highest BCUT2D eigenvalue weighted by Gasteiger charge is 2.25. The van der Waals surface area contributed by atoms with Gasteiger partial charge in [-0.25, -0.2) is 0 Å². The van der Waals surface area contributed by atoms with Crippen molar-refractivity contribution < 1.29 is 9.72 Å². The first kappa shape index (κ1) is 13.7. The molecule has 0 aliphatic carbocycles. The maximum atomic E-state index is 12.4. The third kappa shape index (κ3) is 2.51. The van der Waals surface area contributed by atoms with Gasteiger partial charge in [0.25, 0.3) is 11.6 Å². The van der Waals surface area contributed by atoms with Gasteiger partial charge in [0.15, 0.2) is 0 Å². The van der Waals surface area contributed by atoms with Gasteiger partial charge in [-0.3, -0.25) is 14.9 Å². The molecule has 0 saturated carbocycles. The SMILES string of the molecule is Cc1cccc(C(=O)N(C)c2ccccc2)c1[N+](=O)[O-]. The number of hydrogen-bond acceptors (Lipinski definition) is 3. The van der Waals surface area contributed by atoms with E-state index in [9.17, 15) is 14.9 Å². The van der Waals surface area contributed by atoms with Crippen molar-refractivity contribution in [3.63, 3.8) is 0 Å². The number of aryl methyl sites for hydroxylation is 1. The minimum Gasteiger partial charge on any atom is -0.311 e. The van der Waals surface area contributed by atoms with Crippen LogP contribution in [0.15, 0.2) is 48.5 Å². The van der Waals surface area contributed by atoms with Crippen LogP contribution < -0.4 is 4.90 Å². The molecule has 0 fully saturated rings. The van der Waals surface area contributed by atoms with Crippen LogP contribution in [0.1, 0.15) is 15.9 Å². The molecule has 102 valence electrons. The molecule has 0 aromatic heterocycles. The summed E-state index contributed by atoms with van der Waals surface area (Å²) in [7, 11) is 1.60. The lowest BCUT2D eigenvalue weighted by atomic mass is 10.1. The molecule has 0 heterocycles. The second kappa shape index (κ2) is 5.52. The molecule has 0 spiro atoms.